The van der Waals surface area contributed by atoms with E-state index in [1.165, 1.54) is 0 Å². The van der Waals surface area contributed by atoms with Crippen molar-refractivity contribution in [3.63, 3.8) is 0 Å². The lowest BCUT2D eigenvalue weighted by molar-refractivity contribution is -0.116. The van der Waals surface area contributed by atoms with E-state index in [4.69, 9.17) is 5.41 Å². The molecule has 0 amide bonds. The van der Waals surface area contributed by atoms with Crippen molar-refractivity contribution in [2.75, 3.05) is 0 Å². The highest BCUT2D eigenvalue weighted by atomic mass is 16.1. The van der Waals surface area contributed by atoms with Gasteiger partial charge in [-0.05, 0) is 25.5 Å². The molecule has 0 heterocycles. The molecule has 2 nitrogen and oxygen atoms in total. The lowest BCUT2D eigenvalue weighted by Crippen LogP contribution is -2.23. The van der Waals surface area contributed by atoms with E-state index >= 15 is 0 Å². The molecule has 1 N–H and O–H groups in total. The van der Waals surface area contributed by atoms with E-state index in [0.717, 1.165) is 5.57 Å². The van der Waals surface area contributed by atoms with Crippen molar-refractivity contribution in [2.24, 2.45) is 5.92 Å². The van der Waals surface area contributed by atoms with Gasteiger partial charge in [-0.1, -0.05) is 12.2 Å². The van der Waals surface area contributed by atoms with Crippen molar-refractivity contribution >= 4 is 11.5 Å². The van der Waals surface area contributed by atoms with Crippen LogP contribution in [0, 0.1) is 11.3 Å². The Bertz CT molecular complexity index is 286. The molecule has 1 unspecified atom stereocenters. The van der Waals surface area contributed by atoms with E-state index in [-0.39, 0.29) is 11.7 Å². The van der Waals surface area contributed by atoms with Gasteiger partial charge in [0.05, 0.1) is 0 Å². The second kappa shape index (κ2) is 3.05. The molecular weight excluding hydrogens is 150 g/mol. The normalized spacial score (nSPS) is 23.8. The van der Waals surface area contributed by atoms with E-state index < -0.39 is 0 Å². The van der Waals surface area contributed by atoms with Gasteiger partial charge in [0.1, 0.15) is 0 Å². The highest BCUT2D eigenvalue weighted by Gasteiger charge is 2.23. The predicted octanol–water partition coefficient (Wildman–Crippen LogP) is 2.12. The van der Waals surface area contributed by atoms with Gasteiger partial charge in [0.2, 0.25) is 0 Å². The highest BCUT2D eigenvalue weighted by Crippen LogP contribution is 2.22. The first-order chi connectivity index (χ1) is 5.52. The summed E-state index contributed by atoms with van der Waals surface area (Å²) in [7, 11) is 0. The fourth-order valence-corrected chi connectivity index (χ4v) is 1.31. The van der Waals surface area contributed by atoms with Crippen LogP contribution in [-0.2, 0) is 4.79 Å². The van der Waals surface area contributed by atoms with Crippen molar-refractivity contribution in [1.29, 1.82) is 5.41 Å². The summed E-state index contributed by atoms with van der Waals surface area (Å²) in [4.78, 5) is 11.2. The number of Topliss-reactive ketones (excluding diaryl/α,β-unsaturated/α-hetero) is 1. The van der Waals surface area contributed by atoms with Crippen LogP contribution in [0.15, 0.2) is 23.8 Å². The molecule has 0 radical (unpaired) electrons. The van der Waals surface area contributed by atoms with Crippen molar-refractivity contribution in [3.8, 4) is 0 Å². The molecule has 0 aromatic rings. The average Bonchev–Trinajstić information content (AvgIpc) is 1.96. The van der Waals surface area contributed by atoms with Crippen LogP contribution >= 0.6 is 0 Å². The summed E-state index contributed by atoms with van der Waals surface area (Å²) >= 11 is 0. The Balaban J connectivity index is 2.94. The number of carbonyl (C=O) groups excluding carboxylic acids is 1. The largest absolute Gasteiger partial charge is 0.305 e. The Kier molecular flexibility index (Phi) is 2.27. The van der Waals surface area contributed by atoms with Gasteiger partial charge in [0.15, 0.2) is 5.78 Å². The van der Waals surface area contributed by atoms with Gasteiger partial charge in [-0.2, -0.15) is 0 Å². The molecule has 0 bridgehead atoms. The Morgan fingerprint density at radius 3 is 2.83 bits per heavy atom. The summed E-state index contributed by atoms with van der Waals surface area (Å²) in [5.41, 5.74) is 2.11. The van der Waals surface area contributed by atoms with Crippen molar-refractivity contribution < 1.29 is 4.79 Å². The van der Waals surface area contributed by atoms with E-state index in [1.54, 1.807) is 13.0 Å². The Morgan fingerprint density at radius 1 is 1.75 bits per heavy atom. The summed E-state index contributed by atoms with van der Waals surface area (Å²) in [5, 5.41) is 7.61. The maximum absolute atomic E-state index is 11.2. The topological polar surface area (TPSA) is 40.9 Å². The average molecular weight is 163 g/mol. The molecule has 0 aromatic carbocycles. The fraction of sp³-hybridized carbons (Fsp3) is 0.400. The summed E-state index contributed by atoms with van der Waals surface area (Å²) in [5.74, 6) is 0.0835. The Hall–Kier alpha value is -1.18. The van der Waals surface area contributed by atoms with Crippen molar-refractivity contribution in [2.45, 2.75) is 20.3 Å². The van der Waals surface area contributed by atoms with Crippen LogP contribution in [-0.4, -0.2) is 11.5 Å². The molecule has 1 aliphatic carbocycles. The molecule has 0 saturated carbocycles. The standard InChI is InChI=1S/C10H13NO/c1-6(2)8-5-10(12)7(3)4-9(8)11/h4,8,11H,1,5H2,2-3H3. The minimum Gasteiger partial charge on any atom is -0.305 e. The monoisotopic (exact) mass is 163 g/mol. The van der Waals surface area contributed by atoms with Crippen LogP contribution in [0.2, 0.25) is 0 Å². The first-order valence-electron chi connectivity index (χ1n) is 3.97. The van der Waals surface area contributed by atoms with Gasteiger partial charge in [-0.25, -0.2) is 0 Å². The summed E-state index contributed by atoms with van der Waals surface area (Å²) in [6, 6.07) is 0. The third kappa shape index (κ3) is 1.52. The van der Waals surface area contributed by atoms with E-state index in [1.807, 2.05) is 6.92 Å². The lowest BCUT2D eigenvalue weighted by atomic mass is 9.84. The number of carbonyl (C=O) groups is 1. The molecule has 1 aliphatic rings. The zero-order valence-corrected chi connectivity index (χ0v) is 7.48. The quantitative estimate of drug-likeness (QED) is 0.591. The first kappa shape index (κ1) is 8.91. The number of allylic oxidation sites excluding steroid dienone is 3. The lowest BCUT2D eigenvalue weighted by Gasteiger charge is -2.20. The number of rotatable bonds is 1. The minimum atomic E-state index is -0.0544. The second-order valence-corrected chi connectivity index (χ2v) is 3.31. The molecule has 1 atom stereocenters. The summed E-state index contributed by atoms with van der Waals surface area (Å²) < 4.78 is 0. The fourth-order valence-electron chi connectivity index (χ4n) is 1.31. The van der Waals surface area contributed by atoms with Crippen LogP contribution in [0.5, 0.6) is 0 Å². The highest BCUT2D eigenvalue weighted by molar-refractivity contribution is 6.11. The number of ketones is 1. The van der Waals surface area contributed by atoms with Gasteiger partial charge in [0, 0.05) is 18.1 Å². The number of hydrogen-bond acceptors (Lipinski definition) is 2. The van der Waals surface area contributed by atoms with Gasteiger partial charge in [-0.3, -0.25) is 4.79 Å². The minimum absolute atomic E-state index is 0.0544. The summed E-state index contributed by atoms with van der Waals surface area (Å²) in [6.07, 6.45) is 2.07. The van der Waals surface area contributed by atoms with E-state index in [0.29, 0.717) is 17.7 Å². The van der Waals surface area contributed by atoms with Gasteiger partial charge in [-0.15, -0.1) is 0 Å². The second-order valence-electron chi connectivity index (χ2n) is 3.31. The van der Waals surface area contributed by atoms with Crippen LogP contribution in [0.25, 0.3) is 0 Å². The molecule has 0 fully saturated rings. The van der Waals surface area contributed by atoms with E-state index in [2.05, 4.69) is 6.58 Å². The Morgan fingerprint density at radius 2 is 2.33 bits per heavy atom. The number of nitrogens with one attached hydrogen (secondary N) is 1. The molecule has 0 aromatic heterocycles. The molecule has 12 heavy (non-hydrogen) atoms. The molecule has 0 saturated heterocycles. The van der Waals surface area contributed by atoms with Gasteiger partial charge in [0.25, 0.3) is 0 Å². The molecule has 2 heteroatoms. The molecular formula is C10H13NO. The Labute approximate surface area is 72.5 Å². The zero-order chi connectivity index (χ0) is 9.30. The van der Waals surface area contributed by atoms with Gasteiger partial charge < -0.3 is 5.41 Å². The van der Waals surface area contributed by atoms with Crippen LogP contribution in [0.3, 0.4) is 0 Å². The molecule has 1 rings (SSSR count). The third-order valence-corrected chi connectivity index (χ3v) is 2.17. The SMILES string of the molecule is C=C(C)C1CC(=O)C(C)=CC1=N. The van der Waals surface area contributed by atoms with Crippen molar-refractivity contribution in [3.05, 3.63) is 23.8 Å². The summed E-state index contributed by atoms with van der Waals surface area (Å²) in [6.45, 7) is 7.38. The first-order valence-corrected chi connectivity index (χ1v) is 3.97. The molecule has 0 aliphatic heterocycles. The van der Waals surface area contributed by atoms with Crippen LogP contribution in [0.1, 0.15) is 20.3 Å². The van der Waals surface area contributed by atoms with Crippen molar-refractivity contribution in [1.82, 2.24) is 0 Å². The molecule has 0 spiro atoms. The van der Waals surface area contributed by atoms with Crippen LogP contribution < -0.4 is 0 Å². The molecule has 64 valence electrons. The predicted molar refractivity (Wildman–Crippen MR) is 49.4 cm³/mol. The number of hydrogen-bond donors (Lipinski definition) is 1. The third-order valence-electron chi connectivity index (χ3n) is 2.17. The van der Waals surface area contributed by atoms with E-state index in [9.17, 15) is 4.79 Å². The van der Waals surface area contributed by atoms with Gasteiger partial charge >= 0.3 is 0 Å². The van der Waals surface area contributed by atoms with Crippen LogP contribution in [0.4, 0.5) is 0 Å². The maximum atomic E-state index is 11.2. The smallest absolute Gasteiger partial charge is 0.159 e. The maximum Gasteiger partial charge on any atom is 0.159 e. The zero-order valence-electron chi connectivity index (χ0n) is 7.48.